The summed E-state index contributed by atoms with van der Waals surface area (Å²) in [5, 5.41) is 17.5. The van der Waals surface area contributed by atoms with Crippen LogP contribution in [0.4, 0.5) is 5.69 Å². The highest BCUT2D eigenvalue weighted by Gasteiger charge is 2.16. The largest absolute Gasteiger partial charge is 0.497 e. The lowest BCUT2D eigenvalue weighted by Gasteiger charge is -2.03. The Labute approximate surface area is 154 Å². The van der Waals surface area contributed by atoms with Crippen molar-refractivity contribution in [3.8, 4) is 17.1 Å². The Kier molecular flexibility index (Phi) is 5.41. The molecule has 0 spiro atoms. The third kappa shape index (κ3) is 4.46. The van der Waals surface area contributed by atoms with Crippen molar-refractivity contribution in [2.45, 2.75) is 13.0 Å². The van der Waals surface area contributed by atoms with E-state index in [2.05, 4.69) is 15.5 Å². The number of hydrogen-bond acceptors (Lipinski definition) is 7. The fourth-order valence-electron chi connectivity index (χ4n) is 2.43. The van der Waals surface area contributed by atoms with Crippen molar-refractivity contribution >= 4 is 11.6 Å². The first-order chi connectivity index (χ1) is 13.1. The number of aromatic nitrogens is 2. The van der Waals surface area contributed by atoms with Crippen LogP contribution in [0.5, 0.6) is 5.75 Å². The Morgan fingerprint density at radius 3 is 2.67 bits per heavy atom. The molecule has 0 unspecified atom stereocenters. The number of ether oxygens (including phenoxy) is 1. The van der Waals surface area contributed by atoms with E-state index in [0.29, 0.717) is 17.1 Å². The van der Waals surface area contributed by atoms with E-state index in [1.807, 2.05) is 0 Å². The fraction of sp³-hybridized carbons (Fsp3) is 0.167. The number of carbonyl (C=O) groups excluding carboxylic acids is 1. The topological polar surface area (TPSA) is 120 Å². The summed E-state index contributed by atoms with van der Waals surface area (Å²) in [7, 11) is 1.58. The average Bonchev–Trinajstić information content (AvgIpc) is 3.16. The molecule has 1 N–H and O–H groups in total. The summed E-state index contributed by atoms with van der Waals surface area (Å²) in [4.78, 5) is 26.8. The van der Waals surface area contributed by atoms with Crippen LogP contribution in [0.15, 0.2) is 53.1 Å². The molecule has 3 aromatic rings. The summed E-state index contributed by atoms with van der Waals surface area (Å²) < 4.78 is 10.2. The van der Waals surface area contributed by atoms with Crippen LogP contribution < -0.4 is 10.1 Å². The van der Waals surface area contributed by atoms with Crippen LogP contribution >= 0.6 is 0 Å². The standard InChI is InChI=1S/C18H16N4O5/c1-26-14-8-6-12(7-9-14)18-20-17(27-21-18)11-19-16(23)10-13-4-2-3-5-15(13)22(24)25/h2-9H,10-11H2,1H3,(H,19,23). The maximum atomic E-state index is 12.1. The number of para-hydroxylation sites is 1. The molecule has 138 valence electrons. The van der Waals surface area contributed by atoms with E-state index >= 15 is 0 Å². The molecular formula is C18H16N4O5. The summed E-state index contributed by atoms with van der Waals surface area (Å²) >= 11 is 0. The molecule has 1 amide bonds. The van der Waals surface area contributed by atoms with Gasteiger partial charge in [0.1, 0.15) is 5.75 Å². The van der Waals surface area contributed by atoms with Crippen LogP contribution in [0.1, 0.15) is 11.5 Å². The Balaban J connectivity index is 1.60. The van der Waals surface area contributed by atoms with Crippen molar-refractivity contribution in [1.82, 2.24) is 15.5 Å². The fourth-order valence-corrected chi connectivity index (χ4v) is 2.43. The van der Waals surface area contributed by atoms with Crippen LogP contribution in [-0.4, -0.2) is 28.1 Å². The van der Waals surface area contributed by atoms with Gasteiger partial charge in [-0.1, -0.05) is 23.4 Å². The van der Waals surface area contributed by atoms with Gasteiger partial charge in [0.25, 0.3) is 5.69 Å². The lowest BCUT2D eigenvalue weighted by molar-refractivity contribution is -0.385. The van der Waals surface area contributed by atoms with E-state index in [9.17, 15) is 14.9 Å². The van der Waals surface area contributed by atoms with E-state index in [-0.39, 0.29) is 30.5 Å². The number of rotatable bonds is 7. The van der Waals surface area contributed by atoms with Gasteiger partial charge in [0, 0.05) is 17.2 Å². The Bertz CT molecular complexity index is 952. The van der Waals surface area contributed by atoms with Gasteiger partial charge in [0.05, 0.1) is 25.0 Å². The second-order valence-electron chi connectivity index (χ2n) is 5.58. The molecule has 0 atom stereocenters. The van der Waals surface area contributed by atoms with Crippen LogP contribution in [0.3, 0.4) is 0 Å². The first kappa shape index (κ1) is 18.1. The zero-order valence-electron chi connectivity index (χ0n) is 14.4. The average molecular weight is 368 g/mol. The zero-order valence-corrected chi connectivity index (χ0v) is 14.4. The van der Waals surface area contributed by atoms with Crippen molar-refractivity contribution in [3.63, 3.8) is 0 Å². The van der Waals surface area contributed by atoms with Gasteiger partial charge < -0.3 is 14.6 Å². The van der Waals surface area contributed by atoms with Gasteiger partial charge in [-0.15, -0.1) is 0 Å². The molecule has 0 aliphatic heterocycles. The number of hydrogen-bond donors (Lipinski definition) is 1. The second-order valence-corrected chi connectivity index (χ2v) is 5.58. The number of amides is 1. The van der Waals surface area contributed by atoms with E-state index < -0.39 is 4.92 Å². The van der Waals surface area contributed by atoms with Gasteiger partial charge >= 0.3 is 0 Å². The van der Waals surface area contributed by atoms with Gasteiger partial charge in [0.15, 0.2) is 0 Å². The molecule has 0 saturated carbocycles. The number of nitro groups is 1. The van der Waals surface area contributed by atoms with Crippen molar-refractivity contribution in [1.29, 1.82) is 0 Å². The lowest BCUT2D eigenvalue weighted by atomic mass is 10.1. The minimum absolute atomic E-state index is 0.0304. The highest BCUT2D eigenvalue weighted by Crippen LogP contribution is 2.20. The number of methoxy groups -OCH3 is 1. The summed E-state index contributed by atoms with van der Waals surface area (Å²) in [6.07, 6.45) is -0.114. The van der Waals surface area contributed by atoms with Gasteiger partial charge in [0.2, 0.25) is 17.6 Å². The minimum Gasteiger partial charge on any atom is -0.497 e. The van der Waals surface area contributed by atoms with Crippen LogP contribution in [0.25, 0.3) is 11.4 Å². The summed E-state index contributed by atoms with van der Waals surface area (Å²) in [5.41, 5.74) is 0.994. The lowest BCUT2D eigenvalue weighted by Crippen LogP contribution is -2.25. The van der Waals surface area contributed by atoms with Gasteiger partial charge in [-0.05, 0) is 24.3 Å². The molecule has 0 fully saturated rings. The summed E-state index contributed by atoms with van der Waals surface area (Å²) in [6.45, 7) is 0.0304. The molecule has 0 bridgehead atoms. The normalized spacial score (nSPS) is 10.4. The summed E-state index contributed by atoms with van der Waals surface area (Å²) in [6, 6.07) is 13.3. The van der Waals surface area contributed by atoms with Gasteiger partial charge in [-0.25, -0.2) is 0 Å². The number of carbonyl (C=O) groups is 1. The summed E-state index contributed by atoms with van der Waals surface area (Å²) in [5.74, 6) is 0.954. The molecule has 0 aliphatic rings. The van der Waals surface area contributed by atoms with Crippen LogP contribution in [-0.2, 0) is 17.8 Å². The van der Waals surface area contributed by atoms with Crippen LogP contribution in [0.2, 0.25) is 0 Å². The van der Waals surface area contributed by atoms with E-state index in [0.717, 1.165) is 5.56 Å². The van der Waals surface area contributed by atoms with Crippen molar-refractivity contribution < 1.29 is 19.0 Å². The van der Waals surface area contributed by atoms with Gasteiger partial charge in [-0.2, -0.15) is 4.98 Å². The van der Waals surface area contributed by atoms with Crippen molar-refractivity contribution in [2.24, 2.45) is 0 Å². The molecule has 3 rings (SSSR count). The Morgan fingerprint density at radius 2 is 1.96 bits per heavy atom. The predicted octanol–water partition coefficient (Wildman–Crippen LogP) is 2.51. The van der Waals surface area contributed by atoms with Crippen LogP contribution in [0, 0.1) is 10.1 Å². The smallest absolute Gasteiger partial charge is 0.273 e. The van der Waals surface area contributed by atoms with E-state index in [1.165, 1.54) is 6.07 Å². The SMILES string of the molecule is COc1ccc(-c2noc(CNC(=O)Cc3ccccc3[N+](=O)[O-])n2)cc1. The molecule has 9 nitrogen and oxygen atoms in total. The van der Waals surface area contributed by atoms with E-state index in [4.69, 9.17) is 9.26 Å². The highest BCUT2D eigenvalue weighted by atomic mass is 16.6. The Hall–Kier alpha value is -3.75. The monoisotopic (exact) mass is 368 g/mol. The van der Waals surface area contributed by atoms with Gasteiger partial charge in [-0.3, -0.25) is 14.9 Å². The maximum Gasteiger partial charge on any atom is 0.273 e. The quantitative estimate of drug-likeness (QED) is 0.502. The minimum atomic E-state index is -0.512. The highest BCUT2D eigenvalue weighted by molar-refractivity contribution is 5.79. The number of benzene rings is 2. The molecule has 0 aliphatic carbocycles. The molecule has 27 heavy (non-hydrogen) atoms. The number of nitrogens with one attached hydrogen (secondary N) is 1. The third-order valence-corrected chi connectivity index (χ3v) is 3.79. The first-order valence-electron chi connectivity index (χ1n) is 8.03. The molecular weight excluding hydrogens is 352 g/mol. The van der Waals surface area contributed by atoms with Crippen molar-refractivity contribution in [3.05, 3.63) is 70.1 Å². The molecule has 0 radical (unpaired) electrons. The first-order valence-corrected chi connectivity index (χ1v) is 8.03. The second kappa shape index (κ2) is 8.09. The molecule has 1 heterocycles. The predicted molar refractivity (Wildman–Crippen MR) is 94.9 cm³/mol. The number of nitrogens with zero attached hydrogens (tertiary/aromatic N) is 3. The van der Waals surface area contributed by atoms with E-state index in [1.54, 1.807) is 49.6 Å². The van der Waals surface area contributed by atoms with Crippen molar-refractivity contribution in [2.75, 3.05) is 7.11 Å². The maximum absolute atomic E-state index is 12.1. The molecule has 1 aromatic heterocycles. The number of nitro benzene ring substituents is 1. The molecule has 9 heteroatoms. The third-order valence-electron chi connectivity index (χ3n) is 3.79. The zero-order chi connectivity index (χ0) is 19.2. The Morgan fingerprint density at radius 1 is 1.22 bits per heavy atom. The molecule has 0 saturated heterocycles. The molecule has 2 aromatic carbocycles.